The molecule has 0 bridgehead atoms. The summed E-state index contributed by atoms with van der Waals surface area (Å²) in [5, 5.41) is 11.8. The van der Waals surface area contributed by atoms with Crippen LogP contribution in [0.5, 0.6) is 5.88 Å². The summed E-state index contributed by atoms with van der Waals surface area (Å²) in [6.45, 7) is 2.44. The molecule has 0 saturated carbocycles. The van der Waals surface area contributed by atoms with Gasteiger partial charge in [-0.1, -0.05) is 0 Å². The number of hydrogen-bond donors (Lipinski definition) is 1. The maximum absolute atomic E-state index is 12.8. The molecule has 1 N–H and O–H groups in total. The van der Waals surface area contributed by atoms with E-state index in [9.17, 15) is 9.59 Å². The molecular weight excluding hydrogens is 354 g/mol. The van der Waals surface area contributed by atoms with E-state index >= 15 is 0 Å². The van der Waals surface area contributed by atoms with Crippen molar-refractivity contribution in [3.8, 4) is 11.9 Å². The molecule has 1 aromatic rings. The molecule has 0 spiro atoms. The number of hydrogen-bond acceptors (Lipinski definition) is 7. The standard InChI is InChI=1S/C17H23N5O3S/c1-12(23)21-14(5-9-26-2)17(24)22-8-3-4-13(11-22)25-16-15(10-18)19-6-7-20-16/h6-7,13-14H,3-5,8-9,11H2,1-2H3,(H,21,23)/t13-,14-/m0/s1. The Bertz CT molecular complexity index is 679. The second-order valence-electron chi connectivity index (χ2n) is 6.02. The van der Waals surface area contributed by atoms with E-state index in [0.29, 0.717) is 19.5 Å². The Kier molecular flexibility index (Phi) is 7.66. The number of likely N-dealkylation sites (tertiary alicyclic amines) is 1. The number of thioether (sulfide) groups is 1. The Morgan fingerprint density at radius 1 is 1.50 bits per heavy atom. The summed E-state index contributed by atoms with van der Waals surface area (Å²) in [4.78, 5) is 34.0. The van der Waals surface area contributed by atoms with Gasteiger partial charge in [0, 0.05) is 25.9 Å². The number of nitrogens with zero attached hydrogens (tertiary/aromatic N) is 4. The average molecular weight is 377 g/mol. The summed E-state index contributed by atoms with van der Waals surface area (Å²) in [5.41, 5.74) is 0.132. The van der Waals surface area contributed by atoms with E-state index in [2.05, 4.69) is 15.3 Å². The van der Waals surface area contributed by atoms with E-state index in [1.54, 1.807) is 16.7 Å². The molecule has 1 fully saturated rings. The van der Waals surface area contributed by atoms with Crippen LogP contribution >= 0.6 is 11.8 Å². The minimum atomic E-state index is -0.523. The maximum atomic E-state index is 12.8. The molecule has 1 saturated heterocycles. The van der Waals surface area contributed by atoms with Crippen molar-refractivity contribution in [2.45, 2.75) is 38.3 Å². The van der Waals surface area contributed by atoms with Gasteiger partial charge in [0.15, 0.2) is 0 Å². The molecule has 1 aliphatic rings. The van der Waals surface area contributed by atoms with Crippen LogP contribution in [0.2, 0.25) is 0 Å². The highest BCUT2D eigenvalue weighted by atomic mass is 32.2. The Hall–Kier alpha value is -2.34. The minimum absolute atomic E-state index is 0.0952. The summed E-state index contributed by atoms with van der Waals surface area (Å²) >= 11 is 1.63. The number of amides is 2. The van der Waals surface area contributed by atoms with E-state index < -0.39 is 6.04 Å². The largest absolute Gasteiger partial charge is 0.470 e. The van der Waals surface area contributed by atoms with E-state index in [0.717, 1.165) is 18.6 Å². The minimum Gasteiger partial charge on any atom is -0.470 e. The van der Waals surface area contributed by atoms with Gasteiger partial charge in [0.25, 0.3) is 5.88 Å². The number of nitrogens with one attached hydrogen (secondary N) is 1. The zero-order valence-corrected chi connectivity index (χ0v) is 15.8. The molecule has 2 rings (SSSR count). The summed E-state index contributed by atoms with van der Waals surface area (Å²) in [6.07, 6.45) is 6.76. The number of carbonyl (C=O) groups is 2. The maximum Gasteiger partial charge on any atom is 0.251 e. The molecule has 26 heavy (non-hydrogen) atoms. The van der Waals surface area contributed by atoms with Crippen molar-refractivity contribution in [3.05, 3.63) is 18.1 Å². The van der Waals surface area contributed by atoms with Gasteiger partial charge in [0.1, 0.15) is 18.2 Å². The zero-order chi connectivity index (χ0) is 18.9. The highest BCUT2D eigenvalue weighted by Gasteiger charge is 2.30. The van der Waals surface area contributed by atoms with E-state index in [1.807, 2.05) is 12.3 Å². The molecule has 0 radical (unpaired) electrons. The zero-order valence-electron chi connectivity index (χ0n) is 15.0. The van der Waals surface area contributed by atoms with Gasteiger partial charge in [-0.2, -0.15) is 17.0 Å². The number of carbonyl (C=O) groups excluding carboxylic acids is 2. The van der Waals surface area contributed by atoms with Crippen LogP contribution in [0.3, 0.4) is 0 Å². The highest BCUT2D eigenvalue weighted by molar-refractivity contribution is 7.98. The first kappa shape index (κ1) is 20.0. The number of ether oxygens (including phenoxy) is 1. The third-order valence-electron chi connectivity index (χ3n) is 4.02. The van der Waals surface area contributed by atoms with Gasteiger partial charge in [-0.05, 0) is 31.3 Å². The quantitative estimate of drug-likeness (QED) is 0.754. The van der Waals surface area contributed by atoms with E-state index in [-0.39, 0.29) is 29.5 Å². The van der Waals surface area contributed by atoms with E-state index in [1.165, 1.54) is 19.3 Å². The molecule has 2 atom stereocenters. The van der Waals surface area contributed by atoms with Crippen LogP contribution in [0, 0.1) is 11.3 Å². The molecule has 9 heteroatoms. The Morgan fingerprint density at radius 2 is 2.27 bits per heavy atom. The Labute approximate surface area is 157 Å². The van der Waals surface area contributed by atoms with E-state index in [4.69, 9.17) is 10.00 Å². The van der Waals surface area contributed by atoms with Crippen molar-refractivity contribution in [2.24, 2.45) is 0 Å². The van der Waals surface area contributed by atoms with Gasteiger partial charge in [0.2, 0.25) is 17.5 Å². The van der Waals surface area contributed by atoms with Gasteiger partial charge < -0.3 is 15.0 Å². The lowest BCUT2D eigenvalue weighted by molar-refractivity contribution is -0.138. The Morgan fingerprint density at radius 3 is 2.96 bits per heavy atom. The lowest BCUT2D eigenvalue weighted by Crippen LogP contribution is -2.53. The van der Waals surface area contributed by atoms with Crippen molar-refractivity contribution in [1.29, 1.82) is 5.26 Å². The van der Waals surface area contributed by atoms with Crippen molar-refractivity contribution in [3.63, 3.8) is 0 Å². The first-order valence-corrected chi connectivity index (χ1v) is 9.87. The fourth-order valence-corrected chi connectivity index (χ4v) is 3.31. The lowest BCUT2D eigenvalue weighted by Gasteiger charge is -2.34. The summed E-state index contributed by atoms with van der Waals surface area (Å²) in [5.74, 6) is 0.667. The summed E-state index contributed by atoms with van der Waals surface area (Å²) < 4.78 is 5.82. The van der Waals surface area contributed by atoms with Crippen molar-refractivity contribution in [1.82, 2.24) is 20.2 Å². The second kappa shape index (κ2) is 9.97. The van der Waals surface area contributed by atoms with Crippen LogP contribution in [-0.4, -0.2) is 63.9 Å². The first-order valence-electron chi connectivity index (χ1n) is 8.47. The van der Waals surface area contributed by atoms with Gasteiger partial charge in [-0.3, -0.25) is 9.59 Å². The molecule has 8 nitrogen and oxygen atoms in total. The SMILES string of the molecule is CSCC[C@H](NC(C)=O)C(=O)N1CCC[C@H](Oc2nccnc2C#N)C1. The predicted molar refractivity (Wildman–Crippen MR) is 97.6 cm³/mol. The van der Waals surface area contributed by atoms with Crippen LogP contribution in [-0.2, 0) is 9.59 Å². The summed E-state index contributed by atoms with van der Waals surface area (Å²) in [6, 6.07) is 1.43. The molecule has 140 valence electrons. The fourth-order valence-electron chi connectivity index (χ4n) is 2.84. The van der Waals surface area contributed by atoms with Crippen LogP contribution in [0.25, 0.3) is 0 Å². The second-order valence-corrected chi connectivity index (χ2v) is 7.01. The van der Waals surface area contributed by atoms with Crippen LogP contribution < -0.4 is 10.1 Å². The fraction of sp³-hybridized carbons (Fsp3) is 0.588. The van der Waals surface area contributed by atoms with Crippen molar-refractivity contribution in [2.75, 3.05) is 25.1 Å². The topological polar surface area (TPSA) is 108 Å². The third kappa shape index (κ3) is 5.59. The van der Waals surface area contributed by atoms with Gasteiger partial charge in [-0.25, -0.2) is 9.97 Å². The van der Waals surface area contributed by atoms with Gasteiger partial charge in [0.05, 0.1) is 6.54 Å². The molecule has 0 unspecified atom stereocenters. The lowest BCUT2D eigenvalue weighted by atomic mass is 10.1. The average Bonchev–Trinajstić information content (AvgIpc) is 2.65. The molecular formula is C17H23N5O3S. The first-order chi connectivity index (χ1) is 12.5. The predicted octanol–water partition coefficient (Wildman–Crippen LogP) is 0.976. The highest BCUT2D eigenvalue weighted by Crippen LogP contribution is 2.19. The molecule has 1 aliphatic heterocycles. The van der Waals surface area contributed by atoms with Gasteiger partial charge in [-0.15, -0.1) is 0 Å². The number of nitriles is 1. The molecule has 0 aliphatic carbocycles. The summed E-state index contributed by atoms with van der Waals surface area (Å²) in [7, 11) is 0. The molecule has 2 amide bonds. The number of aromatic nitrogens is 2. The van der Waals surface area contributed by atoms with Crippen LogP contribution in [0.1, 0.15) is 31.9 Å². The number of piperidine rings is 1. The number of rotatable bonds is 7. The third-order valence-corrected chi connectivity index (χ3v) is 4.67. The molecule has 1 aromatic heterocycles. The van der Waals surface area contributed by atoms with Crippen molar-refractivity contribution >= 4 is 23.6 Å². The molecule has 2 heterocycles. The normalized spacial score (nSPS) is 17.9. The Balaban J connectivity index is 2.02. The van der Waals surface area contributed by atoms with Crippen molar-refractivity contribution < 1.29 is 14.3 Å². The van der Waals surface area contributed by atoms with Crippen LogP contribution in [0.4, 0.5) is 0 Å². The van der Waals surface area contributed by atoms with Gasteiger partial charge >= 0.3 is 0 Å². The van der Waals surface area contributed by atoms with Crippen LogP contribution in [0.15, 0.2) is 12.4 Å². The smallest absolute Gasteiger partial charge is 0.251 e. The molecule has 0 aromatic carbocycles. The monoisotopic (exact) mass is 377 g/mol.